The van der Waals surface area contributed by atoms with Crippen LogP contribution < -0.4 is 0 Å². The summed E-state index contributed by atoms with van der Waals surface area (Å²) in [6.45, 7) is 0. The highest BCUT2D eigenvalue weighted by atomic mass is 32.2. The lowest BCUT2D eigenvalue weighted by Crippen LogP contribution is -1.93. The van der Waals surface area contributed by atoms with Crippen molar-refractivity contribution in [1.29, 1.82) is 0 Å². The van der Waals surface area contributed by atoms with Crippen molar-refractivity contribution in [2.75, 3.05) is 6.26 Å². The number of nitro groups is 1. The summed E-state index contributed by atoms with van der Waals surface area (Å²) < 4.78 is 2.86. The molecule has 0 atom stereocenters. The number of nitro benzene ring substituents is 1. The Morgan fingerprint density at radius 1 is 1.45 bits per heavy atom. The summed E-state index contributed by atoms with van der Waals surface area (Å²) in [6.07, 6.45) is 4.56. The van der Waals surface area contributed by atoms with E-state index in [0.717, 1.165) is 0 Å². The van der Waals surface area contributed by atoms with Crippen LogP contribution in [0.15, 0.2) is 34.8 Å². The fourth-order valence-corrected chi connectivity index (χ4v) is 2.17. The van der Waals surface area contributed by atoms with Crippen molar-refractivity contribution in [2.24, 2.45) is 5.10 Å². The Kier molecular flexibility index (Phi) is 3.47. The third kappa shape index (κ3) is 2.37. The number of thioether (sulfide) groups is 1. The largest absolute Gasteiger partial charge is 0.507 e. The van der Waals surface area contributed by atoms with E-state index in [9.17, 15) is 15.2 Å². The highest BCUT2D eigenvalue weighted by Gasteiger charge is 2.11. The second-order valence-corrected chi connectivity index (χ2v) is 4.89. The highest BCUT2D eigenvalue weighted by molar-refractivity contribution is 7.98. The van der Waals surface area contributed by atoms with Gasteiger partial charge in [0.2, 0.25) is 5.16 Å². The Hall–Kier alpha value is -2.95. The normalized spacial score (nSPS) is 11.5. The van der Waals surface area contributed by atoms with Gasteiger partial charge in [0.25, 0.3) is 11.5 Å². The maximum Gasteiger partial charge on any atom is 0.275 e. The maximum absolute atomic E-state index is 10.7. The summed E-state index contributed by atoms with van der Waals surface area (Å²) in [5.41, 5.74) is 0.0767. The van der Waals surface area contributed by atoms with Crippen molar-refractivity contribution < 1.29 is 10.0 Å². The van der Waals surface area contributed by atoms with Crippen molar-refractivity contribution in [2.45, 2.75) is 5.16 Å². The van der Waals surface area contributed by atoms with Crippen LogP contribution in [0.3, 0.4) is 0 Å². The van der Waals surface area contributed by atoms with E-state index in [1.807, 2.05) is 6.26 Å². The van der Waals surface area contributed by atoms with E-state index in [2.05, 4.69) is 20.4 Å². The van der Waals surface area contributed by atoms with Gasteiger partial charge in [-0.2, -0.15) is 19.4 Å². The van der Waals surface area contributed by atoms with Crippen LogP contribution in [0.2, 0.25) is 0 Å². The molecule has 0 fully saturated rings. The SMILES string of the molecule is CSc1nnc2n(N=Cc3cc([N+](=O)[O-])ccc3O)cnn12. The molecular formula is C11H9N7O3S. The summed E-state index contributed by atoms with van der Waals surface area (Å²) in [4.78, 5) is 10.2. The molecule has 0 unspecified atom stereocenters. The number of phenols is 1. The number of hydrogen-bond acceptors (Lipinski definition) is 8. The molecule has 0 aliphatic heterocycles. The second kappa shape index (κ2) is 5.44. The van der Waals surface area contributed by atoms with Gasteiger partial charge < -0.3 is 5.11 Å². The fourth-order valence-electron chi connectivity index (χ4n) is 1.75. The highest BCUT2D eigenvalue weighted by Crippen LogP contribution is 2.21. The monoisotopic (exact) mass is 319 g/mol. The third-order valence-electron chi connectivity index (χ3n) is 2.80. The standard InChI is InChI=1S/C11H9N7O3S/c1-22-11-15-14-10-16(6-13-17(10)11)12-5-7-4-8(18(20)21)2-3-9(7)19/h2-6,19H,1H3. The van der Waals surface area contributed by atoms with Crippen LogP contribution in [0.25, 0.3) is 5.78 Å². The number of non-ortho nitro benzene ring substituents is 1. The zero-order chi connectivity index (χ0) is 15.7. The van der Waals surface area contributed by atoms with Crippen LogP contribution in [0.4, 0.5) is 5.69 Å². The van der Waals surface area contributed by atoms with Gasteiger partial charge in [-0.05, 0) is 12.3 Å². The molecule has 0 spiro atoms. The Morgan fingerprint density at radius 3 is 3.00 bits per heavy atom. The van der Waals surface area contributed by atoms with Gasteiger partial charge in [0.1, 0.15) is 12.1 Å². The van der Waals surface area contributed by atoms with Gasteiger partial charge in [-0.15, -0.1) is 10.2 Å². The van der Waals surface area contributed by atoms with Gasteiger partial charge in [-0.3, -0.25) is 10.1 Å². The van der Waals surface area contributed by atoms with E-state index >= 15 is 0 Å². The van der Waals surface area contributed by atoms with E-state index in [0.29, 0.717) is 10.9 Å². The van der Waals surface area contributed by atoms with Crippen molar-refractivity contribution in [3.05, 3.63) is 40.2 Å². The topological polar surface area (TPSA) is 124 Å². The predicted molar refractivity (Wildman–Crippen MR) is 78.3 cm³/mol. The molecule has 0 bridgehead atoms. The quantitative estimate of drug-likeness (QED) is 0.331. The minimum absolute atomic E-state index is 0.114. The van der Waals surface area contributed by atoms with Crippen molar-refractivity contribution in [1.82, 2.24) is 24.5 Å². The number of aromatic hydroxyl groups is 1. The van der Waals surface area contributed by atoms with Crippen LogP contribution in [0, 0.1) is 10.1 Å². The molecule has 0 aliphatic carbocycles. The van der Waals surface area contributed by atoms with Gasteiger partial charge in [-0.1, -0.05) is 11.8 Å². The van der Waals surface area contributed by atoms with Crippen molar-refractivity contribution >= 4 is 29.4 Å². The summed E-state index contributed by atoms with van der Waals surface area (Å²) in [5.74, 6) is 0.280. The Labute approximate surface area is 127 Å². The summed E-state index contributed by atoms with van der Waals surface area (Å²) in [5, 5.41) is 37.1. The minimum Gasteiger partial charge on any atom is -0.507 e. The molecule has 1 aromatic carbocycles. The minimum atomic E-state index is -0.546. The number of nitrogens with zero attached hydrogens (tertiary/aromatic N) is 7. The van der Waals surface area contributed by atoms with E-state index in [4.69, 9.17) is 0 Å². The molecule has 0 radical (unpaired) electrons. The Morgan fingerprint density at radius 2 is 2.27 bits per heavy atom. The first-order valence-electron chi connectivity index (χ1n) is 5.94. The van der Waals surface area contributed by atoms with Crippen LogP contribution >= 0.6 is 11.8 Å². The average molecular weight is 319 g/mol. The van der Waals surface area contributed by atoms with Crippen LogP contribution in [0.1, 0.15) is 5.56 Å². The van der Waals surface area contributed by atoms with Gasteiger partial charge >= 0.3 is 0 Å². The lowest BCUT2D eigenvalue weighted by molar-refractivity contribution is -0.384. The van der Waals surface area contributed by atoms with Crippen LogP contribution in [0.5, 0.6) is 5.75 Å². The number of hydrogen-bond donors (Lipinski definition) is 1. The molecule has 22 heavy (non-hydrogen) atoms. The molecule has 0 saturated carbocycles. The third-order valence-corrected chi connectivity index (χ3v) is 3.42. The molecular weight excluding hydrogens is 310 g/mol. The molecule has 0 aliphatic rings. The molecule has 112 valence electrons. The van der Waals surface area contributed by atoms with Crippen molar-refractivity contribution in [3.8, 4) is 5.75 Å². The lowest BCUT2D eigenvalue weighted by Gasteiger charge is -1.98. The first-order valence-corrected chi connectivity index (χ1v) is 7.17. The number of benzene rings is 1. The maximum atomic E-state index is 10.7. The zero-order valence-corrected chi connectivity index (χ0v) is 12.0. The molecule has 0 amide bonds. The number of fused-ring (bicyclic) bond motifs is 1. The summed E-state index contributed by atoms with van der Waals surface area (Å²) in [7, 11) is 0. The first-order chi connectivity index (χ1) is 10.6. The number of rotatable bonds is 4. The molecule has 0 saturated heterocycles. The van der Waals surface area contributed by atoms with E-state index in [1.165, 1.54) is 51.7 Å². The molecule has 11 heteroatoms. The fraction of sp³-hybridized carbons (Fsp3) is 0.0909. The van der Waals surface area contributed by atoms with Gasteiger partial charge in [-0.25, -0.2) is 0 Å². The lowest BCUT2D eigenvalue weighted by atomic mass is 10.2. The molecule has 2 aromatic heterocycles. The van der Waals surface area contributed by atoms with Gasteiger partial charge in [0, 0.05) is 17.7 Å². The second-order valence-electron chi connectivity index (χ2n) is 4.12. The summed E-state index contributed by atoms with van der Waals surface area (Å²) >= 11 is 1.39. The molecule has 10 nitrogen and oxygen atoms in total. The van der Waals surface area contributed by atoms with Gasteiger partial charge in [0.05, 0.1) is 11.1 Å². The average Bonchev–Trinajstić information content (AvgIpc) is 3.08. The number of phenolic OH excluding ortho intramolecular Hbond substituents is 1. The van der Waals surface area contributed by atoms with Crippen LogP contribution in [-0.2, 0) is 0 Å². The van der Waals surface area contributed by atoms with Crippen LogP contribution in [-0.4, -0.2) is 47.0 Å². The summed E-state index contributed by atoms with van der Waals surface area (Å²) in [6, 6.07) is 3.68. The van der Waals surface area contributed by atoms with E-state index < -0.39 is 4.92 Å². The predicted octanol–water partition coefficient (Wildman–Crippen LogP) is 1.14. The van der Waals surface area contributed by atoms with Crippen molar-refractivity contribution in [3.63, 3.8) is 0 Å². The smallest absolute Gasteiger partial charge is 0.275 e. The molecule has 3 rings (SSSR count). The Balaban J connectivity index is 1.97. The zero-order valence-electron chi connectivity index (χ0n) is 11.2. The first kappa shape index (κ1) is 14.0. The molecule has 3 aromatic rings. The van der Waals surface area contributed by atoms with Gasteiger partial charge in [0.15, 0.2) is 0 Å². The van der Waals surface area contributed by atoms with E-state index in [1.54, 1.807) is 0 Å². The molecule has 2 heterocycles. The Bertz CT molecular complexity index is 885. The van der Waals surface area contributed by atoms with E-state index in [-0.39, 0.29) is 17.0 Å². The molecule has 1 N–H and O–H groups in total. The number of aromatic nitrogens is 5.